The molecule has 1 N–H and O–H groups in total. The Bertz CT molecular complexity index is 352. The van der Waals surface area contributed by atoms with Gasteiger partial charge in [-0.2, -0.15) is 13.2 Å². The molecule has 0 aromatic rings. The molecule has 128 valence electrons. The highest BCUT2D eigenvalue weighted by atomic mass is 19.4. The van der Waals surface area contributed by atoms with Gasteiger partial charge in [0, 0.05) is 45.9 Å². The SMILES string of the molecule is O=C(C1CCNC1)N1CCN(CCCOCC(F)(F)F)CC1. The maximum atomic E-state index is 12.2. The quantitative estimate of drug-likeness (QED) is 0.731. The Hall–Kier alpha value is -0.860. The van der Waals surface area contributed by atoms with Crippen LogP contribution < -0.4 is 5.32 Å². The number of halogens is 3. The van der Waals surface area contributed by atoms with Crippen LogP contribution in [-0.4, -0.2) is 80.9 Å². The number of carbonyl (C=O) groups is 1. The van der Waals surface area contributed by atoms with Crippen molar-refractivity contribution < 1.29 is 22.7 Å². The van der Waals surface area contributed by atoms with Gasteiger partial charge in [-0.15, -0.1) is 0 Å². The number of rotatable bonds is 6. The average molecular weight is 323 g/mol. The van der Waals surface area contributed by atoms with Gasteiger partial charge in [0.05, 0.1) is 5.92 Å². The smallest absolute Gasteiger partial charge is 0.372 e. The topological polar surface area (TPSA) is 44.8 Å². The number of amides is 1. The van der Waals surface area contributed by atoms with Crippen LogP contribution in [0.3, 0.4) is 0 Å². The summed E-state index contributed by atoms with van der Waals surface area (Å²) in [7, 11) is 0. The lowest BCUT2D eigenvalue weighted by molar-refractivity contribution is -0.174. The van der Waals surface area contributed by atoms with Crippen LogP contribution in [0.5, 0.6) is 0 Å². The number of nitrogens with one attached hydrogen (secondary N) is 1. The van der Waals surface area contributed by atoms with Gasteiger partial charge in [0.1, 0.15) is 6.61 Å². The summed E-state index contributed by atoms with van der Waals surface area (Å²) in [6.07, 6.45) is -2.76. The second-order valence-electron chi connectivity index (χ2n) is 5.88. The number of hydrogen-bond donors (Lipinski definition) is 1. The molecule has 2 saturated heterocycles. The summed E-state index contributed by atoms with van der Waals surface area (Å²) < 4.78 is 40.3. The molecule has 8 heteroatoms. The van der Waals surface area contributed by atoms with Crippen molar-refractivity contribution in [3.8, 4) is 0 Å². The minimum atomic E-state index is -4.25. The summed E-state index contributed by atoms with van der Waals surface area (Å²) >= 11 is 0. The second-order valence-corrected chi connectivity index (χ2v) is 5.88. The zero-order valence-electron chi connectivity index (χ0n) is 12.7. The van der Waals surface area contributed by atoms with Crippen LogP contribution in [-0.2, 0) is 9.53 Å². The van der Waals surface area contributed by atoms with Gasteiger partial charge in [-0.05, 0) is 19.4 Å². The van der Waals surface area contributed by atoms with Crippen molar-refractivity contribution in [1.29, 1.82) is 0 Å². The van der Waals surface area contributed by atoms with Crippen molar-refractivity contribution in [2.75, 3.05) is 59.0 Å². The summed E-state index contributed by atoms with van der Waals surface area (Å²) in [5, 5.41) is 3.20. The highest BCUT2D eigenvalue weighted by Crippen LogP contribution is 2.15. The Morgan fingerprint density at radius 3 is 2.55 bits per heavy atom. The molecule has 0 saturated carbocycles. The van der Waals surface area contributed by atoms with Crippen molar-refractivity contribution in [3.63, 3.8) is 0 Å². The molecule has 0 aliphatic carbocycles. The fourth-order valence-electron chi connectivity index (χ4n) is 2.89. The number of hydrogen-bond acceptors (Lipinski definition) is 4. The van der Waals surface area contributed by atoms with Crippen molar-refractivity contribution in [2.45, 2.75) is 19.0 Å². The van der Waals surface area contributed by atoms with Gasteiger partial charge in [0.2, 0.25) is 5.91 Å². The second kappa shape index (κ2) is 8.12. The largest absolute Gasteiger partial charge is 0.411 e. The molecule has 0 aromatic carbocycles. The van der Waals surface area contributed by atoms with E-state index in [9.17, 15) is 18.0 Å². The van der Waals surface area contributed by atoms with Crippen molar-refractivity contribution in [2.24, 2.45) is 5.92 Å². The number of ether oxygens (including phenoxy) is 1. The van der Waals surface area contributed by atoms with Gasteiger partial charge >= 0.3 is 6.18 Å². The van der Waals surface area contributed by atoms with Crippen molar-refractivity contribution in [1.82, 2.24) is 15.1 Å². The number of piperazine rings is 1. The van der Waals surface area contributed by atoms with E-state index in [1.54, 1.807) is 0 Å². The van der Waals surface area contributed by atoms with E-state index in [4.69, 9.17) is 0 Å². The van der Waals surface area contributed by atoms with Gasteiger partial charge in [-0.25, -0.2) is 0 Å². The molecular weight excluding hydrogens is 299 g/mol. The number of alkyl halides is 3. The third kappa shape index (κ3) is 5.73. The molecule has 0 radical (unpaired) electrons. The molecule has 0 aromatic heterocycles. The highest BCUT2D eigenvalue weighted by Gasteiger charge is 2.29. The molecule has 2 aliphatic rings. The predicted octanol–water partition coefficient (Wildman–Crippen LogP) is 0.709. The molecule has 0 spiro atoms. The summed E-state index contributed by atoms with van der Waals surface area (Å²) in [5.41, 5.74) is 0. The third-order valence-corrected chi connectivity index (χ3v) is 4.12. The lowest BCUT2D eigenvalue weighted by Gasteiger charge is -2.35. The Morgan fingerprint density at radius 1 is 1.23 bits per heavy atom. The molecule has 1 unspecified atom stereocenters. The van der Waals surface area contributed by atoms with Crippen LogP contribution in [0.15, 0.2) is 0 Å². The Morgan fingerprint density at radius 2 is 1.95 bits per heavy atom. The molecule has 2 rings (SSSR count). The highest BCUT2D eigenvalue weighted by molar-refractivity contribution is 5.79. The lowest BCUT2D eigenvalue weighted by Crippen LogP contribution is -2.50. The van der Waals surface area contributed by atoms with Crippen molar-refractivity contribution >= 4 is 5.91 Å². The number of nitrogens with zero attached hydrogens (tertiary/aromatic N) is 2. The first-order valence-corrected chi connectivity index (χ1v) is 7.82. The maximum absolute atomic E-state index is 12.2. The van der Waals surface area contributed by atoms with E-state index in [-0.39, 0.29) is 18.4 Å². The first-order valence-electron chi connectivity index (χ1n) is 7.82. The molecule has 1 amide bonds. The lowest BCUT2D eigenvalue weighted by atomic mass is 10.1. The third-order valence-electron chi connectivity index (χ3n) is 4.12. The van der Waals surface area contributed by atoms with E-state index in [0.29, 0.717) is 26.1 Å². The van der Waals surface area contributed by atoms with Crippen LogP contribution in [0, 0.1) is 5.92 Å². The van der Waals surface area contributed by atoms with Gasteiger partial charge in [-0.3, -0.25) is 9.69 Å². The molecule has 2 heterocycles. The standard InChI is InChI=1S/C14H24F3N3O2/c15-14(16,17)11-22-9-1-4-19-5-7-20(8-6-19)13(21)12-2-3-18-10-12/h12,18H,1-11H2. The van der Waals surface area contributed by atoms with Gasteiger partial charge in [-0.1, -0.05) is 0 Å². The average Bonchev–Trinajstić information content (AvgIpc) is 3.00. The normalized spacial score (nSPS) is 24.0. The minimum absolute atomic E-state index is 0.113. The Balaban J connectivity index is 1.56. The van der Waals surface area contributed by atoms with Crippen LogP contribution in [0.4, 0.5) is 13.2 Å². The molecule has 0 bridgehead atoms. The van der Waals surface area contributed by atoms with E-state index in [1.165, 1.54) is 0 Å². The molecule has 2 fully saturated rings. The molecule has 2 aliphatic heterocycles. The molecule has 5 nitrogen and oxygen atoms in total. The molecular formula is C14H24F3N3O2. The minimum Gasteiger partial charge on any atom is -0.372 e. The van der Waals surface area contributed by atoms with Crippen LogP contribution in [0.25, 0.3) is 0 Å². The van der Waals surface area contributed by atoms with E-state index in [1.807, 2.05) is 4.90 Å². The van der Waals surface area contributed by atoms with Gasteiger partial charge < -0.3 is 15.0 Å². The summed E-state index contributed by atoms with van der Waals surface area (Å²) in [5.74, 6) is 0.348. The number of carbonyl (C=O) groups excluding carboxylic acids is 1. The molecule has 1 atom stereocenters. The molecule has 22 heavy (non-hydrogen) atoms. The van der Waals surface area contributed by atoms with E-state index >= 15 is 0 Å². The maximum Gasteiger partial charge on any atom is 0.411 e. The zero-order chi connectivity index (χ0) is 16.0. The van der Waals surface area contributed by atoms with Crippen LogP contribution >= 0.6 is 0 Å². The summed E-state index contributed by atoms with van der Waals surface area (Å²) in [6, 6.07) is 0. The first-order chi connectivity index (χ1) is 10.5. The Kier molecular flexibility index (Phi) is 6.46. The fourth-order valence-corrected chi connectivity index (χ4v) is 2.89. The summed E-state index contributed by atoms with van der Waals surface area (Å²) in [6.45, 7) is 4.32. The predicted molar refractivity (Wildman–Crippen MR) is 75.5 cm³/mol. The van der Waals surface area contributed by atoms with Crippen molar-refractivity contribution in [3.05, 3.63) is 0 Å². The Labute approximate surface area is 128 Å². The van der Waals surface area contributed by atoms with E-state index in [0.717, 1.165) is 32.6 Å². The summed E-state index contributed by atoms with van der Waals surface area (Å²) in [4.78, 5) is 16.3. The van der Waals surface area contributed by atoms with Gasteiger partial charge in [0.15, 0.2) is 0 Å². The fraction of sp³-hybridized carbons (Fsp3) is 0.929. The zero-order valence-corrected chi connectivity index (χ0v) is 12.7. The van der Waals surface area contributed by atoms with E-state index < -0.39 is 12.8 Å². The van der Waals surface area contributed by atoms with Crippen LogP contribution in [0.2, 0.25) is 0 Å². The first kappa shape index (κ1) is 17.5. The van der Waals surface area contributed by atoms with Crippen LogP contribution in [0.1, 0.15) is 12.8 Å². The van der Waals surface area contributed by atoms with Gasteiger partial charge in [0.25, 0.3) is 0 Å². The van der Waals surface area contributed by atoms with E-state index in [2.05, 4.69) is 15.0 Å². The monoisotopic (exact) mass is 323 g/mol.